The molecule has 2 atom stereocenters. The van der Waals surface area contributed by atoms with Crippen molar-refractivity contribution in [1.82, 2.24) is 34.7 Å². The van der Waals surface area contributed by atoms with E-state index in [1.54, 1.807) is 12.4 Å². The molecule has 0 unspecified atom stereocenters. The molecule has 9 nitrogen and oxygen atoms in total. The van der Waals surface area contributed by atoms with Gasteiger partial charge in [0.25, 0.3) is 5.91 Å². The molecule has 3 aromatic heterocycles. The van der Waals surface area contributed by atoms with Crippen LogP contribution in [0.1, 0.15) is 34.6 Å². The molecule has 5 heterocycles. The van der Waals surface area contributed by atoms with E-state index in [0.717, 1.165) is 49.0 Å². The van der Waals surface area contributed by atoms with Crippen molar-refractivity contribution in [2.24, 2.45) is 5.92 Å². The molecule has 178 valence electrons. The predicted molar refractivity (Wildman–Crippen MR) is 132 cm³/mol. The third-order valence-electron chi connectivity index (χ3n) is 7.35. The third kappa shape index (κ3) is 3.77. The van der Waals surface area contributed by atoms with E-state index in [2.05, 4.69) is 61.9 Å². The highest BCUT2D eigenvalue weighted by Crippen LogP contribution is 2.35. The second kappa shape index (κ2) is 8.65. The van der Waals surface area contributed by atoms with Gasteiger partial charge in [-0.3, -0.25) is 4.79 Å². The number of carbonyl (C=O) groups excluding carboxylic acids is 1. The fourth-order valence-electron chi connectivity index (χ4n) is 5.57. The van der Waals surface area contributed by atoms with E-state index in [-0.39, 0.29) is 11.9 Å². The SMILES string of the molecule is Cc1ccc(C)n1-c1ccc(N2CC[C@@H]3CCN(C(=O)c4ccccc4-n4nccn4)C[C@@H]32)nn1. The van der Waals surface area contributed by atoms with Crippen molar-refractivity contribution in [3.05, 3.63) is 77.9 Å². The van der Waals surface area contributed by atoms with Gasteiger partial charge in [0.2, 0.25) is 0 Å². The van der Waals surface area contributed by atoms with Crippen LogP contribution in [0, 0.1) is 19.8 Å². The number of piperidine rings is 1. The third-order valence-corrected chi connectivity index (χ3v) is 7.35. The van der Waals surface area contributed by atoms with E-state index in [0.29, 0.717) is 23.7 Å². The summed E-state index contributed by atoms with van der Waals surface area (Å²) in [6, 6.07) is 16.0. The van der Waals surface area contributed by atoms with Crippen molar-refractivity contribution in [2.75, 3.05) is 24.5 Å². The van der Waals surface area contributed by atoms with Crippen LogP contribution >= 0.6 is 0 Å². The molecule has 2 saturated heterocycles. The molecule has 4 aromatic rings. The van der Waals surface area contributed by atoms with Crippen LogP contribution in [0.4, 0.5) is 5.82 Å². The van der Waals surface area contributed by atoms with Gasteiger partial charge in [0.05, 0.1) is 29.7 Å². The Labute approximate surface area is 204 Å². The first-order valence-electron chi connectivity index (χ1n) is 12.1. The quantitative estimate of drug-likeness (QED) is 0.457. The van der Waals surface area contributed by atoms with Gasteiger partial charge < -0.3 is 14.4 Å². The molecule has 0 N–H and O–H groups in total. The number of anilines is 1. The highest BCUT2D eigenvalue weighted by atomic mass is 16.2. The lowest BCUT2D eigenvalue weighted by Crippen LogP contribution is -2.50. The summed E-state index contributed by atoms with van der Waals surface area (Å²) in [7, 11) is 0. The average molecular weight is 469 g/mol. The fraction of sp³-hybridized carbons (Fsp3) is 0.346. The molecule has 35 heavy (non-hydrogen) atoms. The van der Waals surface area contributed by atoms with E-state index in [1.165, 1.54) is 4.80 Å². The van der Waals surface area contributed by atoms with Crippen molar-refractivity contribution < 1.29 is 4.79 Å². The van der Waals surface area contributed by atoms with Crippen molar-refractivity contribution >= 4 is 11.7 Å². The smallest absolute Gasteiger partial charge is 0.256 e. The highest BCUT2D eigenvalue weighted by molar-refractivity contribution is 5.97. The Hall–Kier alpha value is -4.01. The maximum Gasteiger partial charge on any atom is 0.256 e. The van der Waals surface area contributed by atoms with Crippen LogP contribution in [0.5, 0.6) is 0 Å². The number of fused-ring (bicyclic) bond motifs is 1. The molecule has 0 spiro atoms. The van der Waals surface area contributed by atoms with Crippen molar-refractivity contribution in [3.63, 3.8) is 0 Å². The molecule has 1 amide bonds. The van der Waals surface area contributed by atoms with Gasteiger partial charge in [0, 0.05) is 31.0 Å². The molecule has 2 fully saturated rings. The summed E-state index contributed by atoms with van der Waals surface area (Å²) in [6.07, 6.45) is 5.34. The first-order valence-corrected chi connectivity index (χ1v) is 12.1. The Balaban J connectivity index is 1.23. The number of hydrogen-bond donors (Lipinski definition) is 0. The number of amides is 1. The van der Waals surface area contributed by atoms with Gasteiger partial charge >= 0.3 is 0 Å². The van der Waals surface area contributed by atoms with Crippen molar-refractivity contribution in [3.8, 4) is 11.5 Å². The summed E-state index contributed by atoms with van der Waals surface area (Å²) in [4.78, 5) is 19.4. The van der Waals surface area contributed by atoms with Crippen molar-refractivity contribution in [1.29, 1.82) is 0 Å². The maximum atomic E-state index is 13.6. The molecule has 2 aliphatic rings. The van der Waals surface area contributed by atoms with Crippen LogP contribution < -0.4 is 4.90 Å². The van der Waals surface area contributed by atoms with E-state index < -0.39 is 0 Å². The van der Waals surface area contributed by atoms with Crippen LogP contribution in [0.25, 0.3) is 11.5 Å². The van der Waals surface area contributed by atoms with E-state index >= 15 is 0 Å². The van der Waals surface area contributed by atoms with E-state index in [1.807, 2.05) is 35.2 Å². The predicted octanol–water partition coefficient (Wildman–Crippen LogP) is 3.21. The molecule has 1 aromatic carbocycles. The minimum absolute atomic E-state index is 0.0168. The standard InChI is InChI=1S/C26H28N8O/c1-18-7-8-19(2)33(18)25-10-9-24(29-30-25)32-16-12-20-11-15-31(17-23(20)32)26(35)21-5-3-4-6-22(21)34-27-13-14-28-34/h3-10,13-14,20,23H,11-12,15-17H2,1-2H3/t20-,23-/m0/s1. The van der Waals surface area contributed by atoms with E-state index in [9.17, 15) is 4.79 Å². The zero-order chi connectivity index (χ0) is 23.9. The van der Waals surface area contributed by atoms with Crippen LogP contribution in [0.15, 0.2) is 60.9 Å². The van der Waals surface area contributed by atoms with Gasteiger partial charge in [-0.1, -0.05) is 12.1 Å². The molecular formula is C26H28N8O. The average Bonchev–Trinajstić information content (AvgIpc) is 3.64. The lowest BCUT2D eigenvalue weighted by atomic mass is 9.91. The minimum Gasteiger partial charge on any atom is -0.350 e. The number of para-hydroxylation sites is 1. The first-order chi connectivity index (χ1) is 17.1. The zero-order valence-corrected chi connectivity index (χ0v) is 19.9. The minimum atomic E-state index is 0.0168. The molecule has 0 radical (unpaired) electrons. The van der Waals surface area contributed by atoms with Crippen LogP contribution in [-0.2, 0) is 0 Å². The second-order valence-electron chi connectivity index (χ2n) is 9.39. The molecule has 9 heteroatoms. The summed E-state index contributed by atoms with van der Waals surface area (Å²) >= 11 is 0. The van der Waals surface area contributed by atoms with Gasteiger partial charge in [-0.25, -0.2) is 0 Å². The molecular weight excluding hydrogens is 440 g/mol. The number of aryl methyl sites for hydroxylation is 2. The van der Waals surface area contributed by atoms with E-state index in [4.69, 9.17) is 0 Å². The summed E-state index contributed by atoms with van der Waals surface area (Å²) in [5, 5.41) is 17.6. The maximum absolute atomic E-state index is 13.6. The Morgan fingerprint density at radius 1 is 0.857 bits per heavy atom. The highest BCUT2D eigenvalue weighted by Gasteiger charge is 2.40. The summed E-state index contributed by atoms with van der Waals surface area (Å²) in [5.74, 6) is 2.27. The van der Waals surface area contributed by atoms with Crippen LogP contribution in [0.2, 0.25) is 0 Å². The lowest BCUT2D eigenvalue weighted by Gasteiger charge is -2.39. The number of nitrogens with zero attached hydrogens (tertiary/aromatic N) is 8. The number of benzene rings is 1. The topological polar surface area (TPSA) is 85.0 Å². The Bertz CT molecular complexity index is 1320. The van der Waals surface area contributed by atoms with Crippen LogP contribution in [-0.4, -0.2) is 66.2 Å². The van der Waals surface area contributed by atoms with Gasteiger partial charge in [0.1, 0.15) is 0 Å². The molecule has 0 aliphatic carbocycles. The monoisotopic (exact) mass is 468 g/mol. The van der Waals surface area contributed by atoms with Gasteiger partial charge in [-0.05, 0) is 69.0 Å². The molecule has 6 rings (SSSR count). The van der Waals surface area contributed by atoms with Crippen molar-refractivity contribution in [2.45, 2.75) is 32.7 Å². The Kier molecular flexibility index (Phi) is 5.32. The van der Waals surface area contributed by atoms with Gasteiger partial charge in [-0.15, -0.1) is 10.2 Å². The fourth-order valence-corrected chi connectivity index (χ4v) is 5.57. The molecule has 0 bridgehead atoms. The normalized spacial score (nSPS) is 19.7. The summed E-state index contributed by atoms with van der Waals surface area (Å²) in [5.41, 5.74) is 3.59. The second-order valence-corrected chi connectivity index (χ2v) is 9.39. The number of carbonyl (C=O) groups is 1. The molecule has 0 saturated carbocycles. The Morgan fingerprint density at radius 3 is 2.29 bits per heavy atom. The summed E-state index contributed by atoms with van der Waals surface area (Å²) < 4.78 is 2.11. The Morgan fingerprint density at radius 2 is 1.54 bits per heavy atom. The molecule has 2 aliphatic heterocycles. The number of hydrogen-bond acceptors (Lipinski definition) is 6. The zero-order valence-electron chi connectivity index (χ0n) is 19.9. The first kappa shape index (κ1) is 21.5. The van der Waals surface area contributed by atoms with Gasteiger partial charge in [-0.2, -0.15) is 15.0 Å². The largest absolute Gasteiger partial charge is 0.350 e. The van der Waals surface area contributed by atoms with Crippen LogP contribution in [0.3, 0.4) is 0 Å². The lowest BCUT2D eigenvalue weighted by molar-refractivity contribution is 0.0678. The number of likely N-dealkylation sites (tertiary alicyclic amines) is 1. The van der Waals surface area contributed by atoms with Gasteiger partial charge in [0.15, 0.2) is 11.6 Å². The number of aromatic nitrogens is 6. The summed E-state index contributed by atoms with van der Waals surface area (Å²) in [6.45, 7) is 6.50. The number of rotatable bonds is 4.